The summed E-state index contributed by atoms with van der Waals surface area (Å²) in [5, 5.41) is 15.7. The number of aryl methyl sites for hydroxylation is 1. The van der Waals surface area contributed by atoms with Gasteiger partial charge in [-0.25, -0.2) is 9.37 Å². The minimum Gasteiger partial charge on any atom is -0.494 e. The number of halogens is 1. The average molecular weight is 444 g/mol. The van der Waals surface area contributed by atoms with E-state index in [2.05, 4.69) is 25.6 Å². The lowest BCUT2D eigenvalue weighted by Crippen LogP contribution is -2.25. The van der Waals surface area contributed by atoms with Crippen molar-refractivity contribution in [3.63, 3.8) is 0 Å². The third kappa shape index (κ3) is 3.82. The highest BCUT2D eigenvalue weighted by Crippen LogP contribution is 2.42. The summed E-state index contributed by atoms with van der Waals surface area (Å²) >= 11 is 0. The molecule has 1 unspecified atom stereocenters. The van der Waals surface area contributed by atoms with Gasteiger partial charge in [0.2, 0.25) is 5.91 Å². The van der Waals surface area contributed by atoms with Crippen LogP contribution in [-0.4, -0.2) is 37.5 Å². The number of nitrogens with one attached hydrogen (secondary N) is 1. The molecule has 0 fully saturated rings. The number of nitrogens with zero attached hydrogens (tertiary/aromatic N) is 5. The fraction of sp³-hybridized carbons (Fsp3) is 0.208. The summed E-state index contributed by atoms with van der Waals surface area (Å²) in [6.45, 7) is 4.34. The first kappa shape index (κ1) is 20.7. The van der Waals surface area contributed by atoms with E-state index < -0.39 is 0 Å². The first-order valence-corrected chi connectivity index (χ1v) is 10.6. The maximum absolute atomic E-state index is 13.3. The predicted molar refractivity (Wildman–Crippen MR) is 120 cm³/mol. The molecule has 1 atom stereocenters. The van der Waals surface area contributed by atoms with Gasteiger partial charge in [0, 0.05) is 29.0 Å². The van der Waals surface area contributed by atoms with E-state index in [9.17, 15) is 9.18 Å². The Bertz CT molecular complexity index is 1340. The second-order valence-corrected chi connectivity index (χ2v) is 7.68. The lowest BCUT2D eigenvalue weighted by Gasteiger charge is -2.25. The number of amides is 1. The van der Waals surface area contributed by atoms with Crippen molar-refractivity contribution < 1.29 is 13.9 Å². The summed E-state index contributed by atoms with van der Waals surface area (Å²) in [5.74, 6) is 0.771. The molecule has 0 saturated heterocycles. The van der Waals surface area contributed by atoms with Gasteiger partial charge in [-0.2, -0.15) is 14.9 Å². The molecule has 0 radical (unpaired) electrons. The van der Waals surface area contributed by atoms with E-state index in [1.165, 1.54) is 23.0 Å². The van der Waals surface area contributed by atoms with Crippen LogP contribution in [0.25, 0.3) is 17.2 Å². The van der Waals surface area contributed by atoms with E-state index >= 15 is 0 Å². The Hall–Kier alpha value is -4.14. The number of para-hydroxylation sites is 1. The van der Waals surface area contributed by atoms with Crippen LogP contribution in [0, 0.1) is 12.7 Å². The fourth-order valence-electron chi connectivity index (χ4n) is 4.16. The zero-order valence-electron chi connectivity index (χ0n) is 18.1. The molecule has 5 rings (SSSR count). The molecule has 0 saturated carbocycles. The summed E-state index contributed by atoms with van der Waals surface area (Å²) in [5.41, 5.74) is 3.77. The third-order valence-corrected chi connectivity index (χ3v) is 5.57. The van der Waals surface area contributed by atoms with Crippen molar-refractivity contribution >= 4 is 11.7 Å². The van der Waals surface area contributed by atoms with Gasteiger partial charge in [-0.3, -0.25) is 4.79 Å². The SMILES string of the molecule is CCOc1ccccc1C1CC(=O)Nc2c1c(C)nn2-c1nncc(-c2ccc(F)cc2)n1. The van der Waals surface area contributed by atoms with E-state index in [0.717, 1.165) is 22.6 Å². The minimum absolute atomic E-state index is 0.136. The number of carbonyl (C=O) groups is 1. The highest BCUT2D eigenvalue weighted by atomic mass is 19.1. The van der Waals surface area contributed by atoms with Crippen LogP contribution in [0.15, 0.2) is 54.7 Å². The molecule has 1 N–H and O–H groups in total. The van der Waals surface area contributed by atoms with Crippen LogP contribution in [0.3, 0.4) is 0 Å². The number of rotatable bonds is 5. The van der Waals surface area contributed by atoms with E-state index in [1.54, 1.807) is 12.1 Å². The molecule has 0 aliphatic carbocycles. The Morgan fingerprint density at radius 2 is 1.97 bits per heavy atom. The lowest BCUT2D eigenvalue weighted by atomic mass is 9.85. The Morgan fingerprint density at radius 1 is 1.18 bits per heavy atom. The second kappa shape index (κ2) is 8.42. The zero-order chi connectivity index (χ0) is 22.9. The summed E-state index contributed by atoms with van der Waals surface area (Å²) in [4.78, 5) is 17.3. The fourth-order valence-corrected chi connectivity index (χ4v) is 4.16. The number of anilines is 1. The summed E-state index contributed by atoms with van der Waals surface area (Å²) < 4.78 is 20.6. The molecule has 9 heteroatoms. The molecule has 166 valence electrons. The van der Waals surface area contributed by atoms with Gasteiger partial charge in [-0.05, 0) is 44.2 Å². The molecule has 4 aromatic rings. The number of ether oxygens (including phenoxy) is 1. The van der Waals surface area contributed by atoms with Crippen molar-refractivity contribution in [2.75, 3.05) is 11.9 Å². The van der Waals surface area contributed by atoms with Gasteiger partial charge in [-0.1, -0.05) is 18.2 Å². The molecule has 0 spiro atoms. The molecule has 2 aromatic carbocycles. The Morgan fingerprint density at radius 3 is 2.76 bits per heavy atom. The summed E-state index contributed by atoms with van der Waals surface area (Å²) in [7, 11) is 0. The van der Waals surface area contributed by atoms with Crippen molar-refractivity contribution in [3.8, 4) is 23.0 Å². The van der Waals surface area contributed by atoms with E-state index in [0.29, 0.717) is 23.7 Å². The van der Waals surface area contributed by atoms with E-state index in [1.807, 2.05) is 38.1 Å². The first-order valence-electron chi connectivity index (χ1n) is 10.6. The molecular formula is C24H21FN6O2. The number of hydrogen-bond acceptors (Lipinski definition) is 6. The van der Waals surface area contributed by atoms with Crippen LogP contribution in [0.1, 0.15) is 36.1 Å². The second-order valence-electron chi connectivity index (χ2n) is 7.68. The highest BCUT2D eigenvalue weighted by Gasteiger charge is 2.34. The van der Waals surface area contributed by atoms with Crippen LogP contribution in [-0.2, 0) is 4.79 Å². The number of hydrogen-bond donors (Lipinski definition) is 1. The van der Waals surface area contributed by atoms with Crippen molar-refractivity contribution in [3.05, 3.63) is 77.4 Å². The number of fused-ring (bicyclic) bond motifs is 1. The van der Waals surface area contributed by atoms with Crippen LogP contribution < -0.4 is 10.1 Å². The maximum atomic E-state index is 13.3. The molecule has 0 bridgehead atoms. The topological polar surface area (TPSA) is 94.8 Å². The lowest BCUT2D eigenvalue weighted by molar-refractivity contribution is -0.116. The molecule has 3 heterocycles. The summed E-state index contributed by atoms with van der Waals surface area (Å²) in [6.07, 6.45) is 1.78. The van der Waals surface area contributed by atoms with Crippen LogP contribution in [0.4, 0.5) is 10.2 Å². The summed E-state index contributed by atoms with van der Waals surface area (Å²) in [6, 6.07) is 13.7. The predicted octanol–water partition coefficient (Wildman–Crippen LogP) is 4.04. The Labute approximate surface area is 189 Å². The van der Waals surface area contributed by atoms with Crippen molar-refractivity contribution in [1.82, 2.24) is 25.0 Å². The van der Waals surface area contributed by atoms with Gasteiger partial charge < -0.3 is 10.1 Å². The maximum Gasteiger partial charge on any atom is 0.272 e. The van der Waals surface area contributed by atoms with Crippen LogP contribution in [0.5, 0.6) is 5.75 Å². The normalized spacial score (nSPS) is 15.1. The molecule has 1 amide bonds. The van der Waals surface area contributed by atoms with Gasteiger partial charge in [0.15, 0.2) is 0 Å². The van der Waals surface area contributed by atoms with E-state index in [-0.39, 0.29) is 30.0 Å². The molecule has 2 aromatic heterocycles. The standard InChI is InChI=1S/C24H21FN6O2/c1-3-33-20-7-5-4-6-17(20)18-12-21(32)28-23-22(18)14(2)30-31(23)24-27-19(13-26-29-24)15-8-10-16(25)11-9-15/h4-11,13,18H,3,12H2,1-2H3,(H,28,32). The Kier molecular flexibility index (Phi) is 5.29. The van der Waals surface area contributed by atoms with Crippen molar-refractivity contribution in [2.45, 2.75) is 26.2 Å². The third-order valence-electron chi connectivity index (χ3n) is 5.57. The molecular weight excluding hydrogens is 423 g/mol. The monoisotopic (exact) mass is 444 g/mol. The highest BCUT2D eigenvalue weighted by molar-refractivity contribution is 5.95. The number of aromatic nitrogens is 5. The quantitative estimate of drug-likeness (QED) is 0.499. The van der Waals surface area contributed by atoms with Gasteiger partial charge in [0.1, 0.15) is 17.4 Å². The number of benzene rings is 2. The molecule has 33 heavy (non-hydrogen) atoms. The van der Waals surface area contributed by atoms with Crippen LogP contribution in [0.2, 0.25) is 0 Å². The van der Waals surface area contributed by atoms with Crippen molar-refractivity contribution in [1.29, 1.82) is 0 Å². The average Bonchev–Trinajstić information content (AvgIpc) is 3.16. The van der Waals surface area contributed by atoms with Crippen molar-refractivity contribution in [2.24, 2.45) is 0 Å². The number of carbonyl (C=O) groups excluding carboxylic acids is 1. The van der Waals surface area contributed by atoms with E-state index in [4.69, 9.17) is 4.74 Å². The van der Waals surface area contributed by atoms with Gasteiger partial charge in [-0.15, -0.1) is 5.10 Å². The largest absolute Gasteiger partial charge is 0.494 e. The molecule has 1 aliphatic rings. The van der Waals surface area contributed by atoms with Gasteiger partial charge in [0.25, 0.3) is 5.95 Å². The first-order chi connectivity index (χ1) is 16.0. The zero-order valence-corrected chi connectivity index (χ0v) is 18.1. The molecule has 8 nitrogen and oxygen atoms in total. The minimum atomic E-state index is -0.334. The van der Waals surface area contributed by atoms with Crippen LogP contribution >= 0.6 is 0 Å². The van der Waals surface area contributed by atoms with Gasteiger partial charge in [0.05, 0.1) is 24.2 Å². The molecule has 1 aliphatic heterocycles. The van der Waals surface area contributed by atoms with Gasteiger partial charge >= 0.3 is 0 Å². The smallest absolute Gasteiger partial charge is 0.272 e. The Balaban J connectivity index is 1.61.